The molecule has 0 atom stereocenters. The van der Waals surface area contributed by atoms with Crippen molar-refractivity contribution in [3.63, 3.8) is 0 Å². The largest absolute Gasteiger partial charge is 0.397 e. The van der Waals surface area contributed by atoms with Gasteiger partial charge in [-0.3, -0.25) is 4.79 Å². The smallest absolute Gasteiger partial charge is 0.269 e. The van der Waals surface area contributed by atoms with E-state index < -0.39 is 0 Å². The summed E-state index contributed by atoms with van der Waals surface area (Å²) >= 11 is 1.32. The quantitative estimate of drug-likeness (QED) is 0.751. The molecule has 124 valence electrons. The minimum Gasteiger partial charge on any atom is -0.397 e. The maximum atomic E-state index is 12.5. The lowest BCUT2D eigenvalue weighted by Gasteiger charge is -2.04. The van der Waals surface area contributed by atoms with Crippen LogP contribution in [-0.4, -0.2) is 15.9 Å². The van der Waals surface area contributed by atoms with Gasteiger partial charge in [0.1, 0.15) is 15.5 Å². The number of amides is 1. The number of nitrogens with two attached hydrogens (primary N) is 1. The number of nitrogens with one attached hydrogen (secondary N) is 1. The molecule has 0 bridgehead atoms. The van der Waals surface area contributed by atoms with Crippen molar-refractivity contribution in [2.75, 3.05) is 11.1 Å². The zero-order chi connectivity index (χ0) is 17.3. The number of hydrogen-bond donors (Lipinski definition) is 2. The molecule has 0 aliphatic rings. The van der Waals surface area contributed by atoms with Crippen molar-refractivity contribution in [2.45, 2.75) is 27.2 Å². The molecule has 0 aromatic carbocycles. The van der Waals surface area contributed by atoms with Crippen LogP contribution < -0.4 is 11.1 Å². The Balaban J connectivity index is 1.91. The van der Waals surface area contributed by atoms with Gasteiger partial charge in [0.2, 0.25) is 0 Å². The van der Waals surface area contributed by atoms with Gasteiger partial charge < -0.3 is 11.1 Å². The van der Waals surface area contributed by atoms with Crippen LogP contribution in [0.4, 0.5) is 11.5 Å². The lowest BCUT2D eigenvalue weighted by atomic mass is 10.1. The molecule has 0 unspecified atom stereocenters. The van der Waals surface area contributed by atoms with Gasteiger partial charge in [0.25, 0.3) is 5.91 Å². The third kappa shape index (κ3) is 3.38. The van der Waals surface area contributed by atoms with Crippen molar-refractivity contribution in [1.82, 2.24) is 9.97 Å². The Kier molecular flexibility index (Phi) is 4.49. The topological polar surface area (TPSA) is 80.9 Å². The number of carbonyl (C=O) groups excluding carboxylic acids is 1. The monoisotopic (exact) mass is 340 g/mol. The van der Waals surface area contributed by atoms with Crippen molar-refractivity contribution >= 4 is 39.0 Å². The highest BCUT2D eigenvalue weighted by molar-refractivity contribution is 7.21. The molecule has 0 spiro atoms. The van der Waals surface area contributed by atoms with Crippen LogP contribution in [0.1, 0.15) is 34.9 Å². The van der Waals surface area contributed by atoms with Gasteiger partial charge in [0.05, 0.1) is 5.69 Å². The summed E-state index contributed by atoms with van der Waals surface area (Å²) in [7, 11) is 0. The fraction of sp³-hybridized carbons (Fsp3) is 0.278. The molecule has 6 heteroatoms. The van der Waals surface area contributed by atoms with Gasteiger partial charge in [-0.25, -0.2) is 9.97 Å². The van der Waals surface area contributed by atoms with Crippen molar-refractivity contribution in [3.8, 4) is 0 Å². The van der Waals surface area contributed by atoms with E-state index in [2.05, 4.69) is 29.1 Å². The minimum absolute atomic E-state index is 0.251. The van der Waals surface area contributed by atoms with Crippen LogP contribution in [0, 0.1) is 12.8 Å². The molecular weight excluding hydrogens is 320 g/mol. The standard InChI is InChI=1S/C18H20N4OS/c1-10(2)9-12-7-8-13-15(19)16(24-18(13)21-12)17(23)22-14-6-4-5-11(3)20-14/h4-8,10H,9,19H2,1-3H3,(H,20,22,23). The Morgan fingerprint density at radius 3 is 2.75 bits per heavy atom. The number of rotatable bonds is 4. The van der Waals surface area contributed by atoms with Gasteiger partial charge in [-0.2, -0.15) is 0 Å². The first-order chi connectivity index (χ1) is 11.4. The first-order valence-corrected chi connectivity index (χ1v) is 8.68. The average Bonchev–Trinajstić information content (AvgIpc) is 2.83. The number of nitrogen functional groups attached to an aromatic ring is 1. The third-order valence-electron chi connectivity index (χ3n) is 3.61. The summed E-state index contributed by atoms with van der Waals surface area (Å²) in [6.45, 7) is 6.19. The van der Waals surface area contributed by atoms with Gasteiger partial charge in [0, 0.05) is 16.8 Å². The zero-order valence-corrected chi connectivity index (χ0v) is 14.8. The summed E-state index contributed by atoms with van der Waals surface area (Å²) in [6.07, 6.45) is 0.905. The first kappa shape index (κ1) is 16.4. The van der Waals surface area contributed by atoms with E-state index in [0.717, 1.165) is 28.0 Å². The van der Waals surface area contributed by atoms with Crippen LogP contribution >= 0.6 is 11.3 Å². The summed E-state index contributed by atoms with van der Waals surface area (Å²) in [5.41, 5.74) is 8.50. The number of fused-ring (bicyclic) bond motifs is 1. The maximum absolute atomic E-state index is 12.5. The van der Waals surface area contributed by atoms with E-state index in [9.17, 15) is 4.79 Å². The van der Waals surface area contributed by atoms with Crippen molar-refractivity contribution in [3.05, 3.63) is 46.6 Å². The summed E-state index contributed by atoms with van der Waals surface area (Å²) in [5, 5.41) is 3.63. The van der Waals surface area contributed by atoms with E-state index in [1.165, 1.54) is 11.3 Å². The summed E-state index contributed by atoms with van der Waals surface area (Å²) in [5.74, 6) is 0.798. The fourth-order valence-corrected chi connectivity index (χ4v) is 3.53. The van der Waals surface area contributed by atoms with Crippen molar-refractivity contribution < 1.29 is 4.79 Å². The molecule has 1 amide bonds. The molecule has 0 radical (unpaired) electrons. The fourth-order valence-electron chi connectivity index (χ4n) is 2.52. The number of aryl methyl sites for hydroxylation is 1. The van der Waals surface area contributed by atoms with Gasteiger partial charge in [0.15, 0.2) is 0 Å². The number of pyridine rings is 2. The lowest BCUT2D eigenvalue weighted by Crippen LogP contribution is -2.13. The molecule has 3 aromatic rings. The number of nitrogens with zero attached hydrogens (tertiary/aromatic N) is 2. The highest BCUT2D eigenvalue weighted by Gasteiger charge is 2.18. The number of carbonyl (C=O) groups is 1. The molecule has 3 heterocycles. The zero-order valence-electron chi connectivity index (χ0n) is 14.0. The normalized spacial score (nSPS) is 11.2. The van der Waals surface area contributed by atoms with Gasteiger partial charge in [-0.1, -0.05) is 19.9 Å². The van der Waals surface area contributed by atoms with Crippen molar-refractivity contribution in [2.24, 2.45) is 5.92 Å². The second-order valence-corrected chi connectivity index (χ2v) is 7.22. The van der Waals surface area contributed by atoms with Crippen LogP contribution in [0.2, 0.25) is 0 Å². The van der Waals surface area contributed by atoms with E-state index in [1.807, 2.05) is 31.2 Å². The Morgan fingerprint density at radius 2 is 2.04 bits per heavy atom. The van der Waals surface area contributed by atoms with Crippen LogP contribution in [0.25, 0.3) is 10.2 Å². The lowest BCUT2D eigenvalue weighted by molar-refractivity contribution is 0.103. The van der Waals surface area contributed by atoms with Gasteiger partial charge >= 0.3 is 0 Å². The highest BCUT2D eigenvalue weighted by Crippen LogP contribution is 2.33. The highest BCUT2D eigenvalue weighted by atomic mass is 32.1. The molecular formula is C18H20N4OS. The molecule has 5 nitrogen and oxygen atoms in total. The number of anilines is 2. The summed E-state index contributed by atoms with van der Waals surface area (Å²) < 4.78 is 0. The molecule has 0 fully saturated rings. The van der Waals surface area contributed by atoms with E-state index in [0.29, 0.717) is 22.3 Å². The van der Waals surface area contributed by atoms with Crippen LogP contribution in [0.15, 0.2) is 30.3 Å². The summed E-state index contributed by atoms with van der Waals surface area (Å²) in [6, 6.07) is 9.42. The van der Waals surface area contributed by atoms with Gasteiger partial charge in [-0.15, -0.1) is 11.3 Å². The van der Waals surface area contributed by atoms with Gasteiger partial charge in [-0.05, 0) is 43.5 Å². The number of thiophene rings is 1. The Morgan fingerprint density at radius 1 is 1.25 bits per heavy atom. The molecule has 0 saturated heterocycles. The molecule has 0 aliphatic heterocycles. The molecule has 0 aliphatic carbocycles. The predicted octanol–water partition coefficient (Wildman–Crippen LogP) is 4.03. The predicted molar refractivity (Wildman–Crippen MR) is 99.5 cm³/mol. The van der Waals surface area contributed by atoms with Crippen LogP contribution in [0.5, 0.6) is 0 Å². The molecule has 3 N–H and O–H groups in total. The SMILES string of the molecule is Cc1cccc(NC(=O)c2sc3nc(CC(C)C)ccc3c2N)n1. The number of hydrogen-bond acceptors (Lipinski definition) is 5. The Labute approximate surface area is 144 Å². The van der Waals surface area contributed by atoms with E-state index in [-0.39, 0.29) is 5.91 Å². The molecule has 3 rings (SSSR count). The Bertz CT molecular complexity index is 901. The number of aromatic nitrogens is 2. The second-order valence-electron chi connectivity index (χ2n) is 6.22. The second kappa shape index (κ2) is 6.57. The summed E-state index contributed by atoms with van der Waals surface area (Å²) in [4.78, 5) is 22.7. The van der Waals surface area contributed by atoms with E-state index in [1.54, 1.807) is 6.07 Å². The average molecular weight is 340 g/mol. The molecule has 0 saturated carbocycles. The molecule has 3 aromatic heterocycles. The van der Waals surface area contributed by atoms with Crippen molar-refractivity contribution in [1.29, 1.82) is 0 Å². The van der Waals surface area contributed by atoms with E-state index in [4.69, 9.17) is 5.73 Å². The minimum atomic E-state index is -0.251. The first-order valence-electron chi connectivity index (χ1n) is 7.87. The van der Waals surface area contributed by atoms with E-state index >= 15 is 0 Å². The van der Waals surface area contributed by atoms with Crippen LogP contribution in [0.3, 0.4) is 0 Å². The Hall–Kier alpha value is -2.47. The molecule has 24 heavy (non-hydrogen) atoms. The maximum Gasteiger partial charge on any atom is 0.269 e. The van der Waals surface area contributed by atoms with Crippen LogP contribution in [-0.2, 0) is 6.42 Å². The third-order valence-corrected chi connectivity index (χ3v) is 4.72.